The molecule has 0 fully saturated rings. The lowest BCUT2D eigenvalue weighted by molar-refractivity contribution is -0.646. The Hall–Kier alpha value is -2.30. The average molecular weight is 258 g/mol. The Balaban J connectivity index is 2.18. The Morgan fingerprint density at radius 3 is 2.58 bits per heavy atom. The molecule has 0 saturated heterocycles. The van der Waals surface area contributed by atoms with E-state index in [9.17, 15) is 0 Å². The molecular formula is C14H20N5+. The van der Waals surface area contributed by atoms with E-state index < -0.39 is 0 Å². The van der Waals surface area contributed by atoms with Crippen LogP contribution in [0.1, 0.15) is 18.3 Å². The Bertz CT molecular complexity index is 566. The maximum Gasteiger partial charge on any atom is 0.304 e. The van der Waals surface area contributed by atoms with Crippen LogP contribution in [0.4, 0.5) is 5.69 Å². The molecule has 0 radical (unpaired) electrons. The first-order valence-corrected chi connectivity index (χ1v) is 6.30. The van der Waals surface area contributed by atoms with Crippen LogP contribution in [0.2, 0.25) is 0 Å². The van der Waals surface area contributed by atoms with Crippen LogP contribution in [0.25, 0.3) is 0 Å². The quantitative estimate of drug-likeness (QED) is 0.505. The zero-order valence-electron chi connectivity index (χ0n) is 11.6. The minimum absolute atomic E-state index is 0.834. The van der Waals surface area contributed by atoms with Crippen molar-refractivity contribution in [2.45, 2.75) is 13.3 Å². The highest BCUT2D eigenvalue weighted by Gasteiger charge is 2.11. The molecule has 100 valence electrons. The normalized spacial score (nSPS) is 11.1. The van der Waals surface area contributed by atoms with Gasteiger partial charge in [-0.3, -0.25) is 5.84 Å². The maximum absolute atomic E-state index is 5.79. The van der Waals surface area contributed by atoms with E-state index in [0.717, 1.165) is 17.8 Å². The van der Waals surface area contributed by atoms with Crippen LogP contribution in [0.15, 0.2) is 41.8 Å². The molecule has 0 unspecified atom stereocenters. The molecule has 2 rings (SSSR count). The van der Waals surface area contributed by atoms with Gasteiger partial charge in [-0.2, -0.15) is 0 Å². The molecule has 0 bridgehead atoms. The number of nitrogens with two attached hydrogens (primary N) is 1. The number of benzene rings is 1. The molecule has 0 spiro atoms. The summed E-state index contributed by atoms with van der Waals surface area (Å²) in [6.07, 6.45) is 6.31. The Morgan fingerprint density at radius 2 is 2.00 bits per heavy atom. The van der Waals surface area contributed by atoms with Crippen molar-refractivity contribution in [2.24, 2.45) is 5.10 Å². The Kier molecular flexibility index (Phi) is 3.85. The van der Waals surface area contributed by atoms with Gasteiger partial charge in [0.2, 0.25) is 0 Å². The second-order valence-corrected chi connectivity index (χ2v) is 4.55. The van der Waals surface area contributed by atoms with Crippen molar-refractivity contribution in [1.82, 2.24) is 4.68 Å². The number of hydrogen-bond acceptors (Lipinski definition) is 3. The van der Waals surface area contributed by atoms with E-state index in [0.29, 0.717) is 0 Å². The van der Waals surface area contributed by atoms with Gasteiger partial charge < -0.3 is 4.90 Å². The predicted molar refractivity (Wildman–Crippen MR) is 77.9 cm³/mol. The summed E-state index contributed by atoms with van der Waals surface area (Å²) in [6.45, 7) is 2.05. The minimum Gasteiger partial charge on any atom is -0.378 e. The molecule has 0 amide bonds. The number of nitrogen functional groups attached to an aromatic ring is 1. The molecule has 1 aromatic heterocycles. The van der Waals surface area contributed by atoms with Crippen LogP contribution in [-0.2, 0) is 6.42 Å². The molecule has 1 heterocycles. The van der Waals surface area contributed by atoms with Crippen LogP contribution in [0.3, 0.4) is 0 Å². The molecule has 0 aliphatic rings. The average Bonchev–Trinajstić information content (AvgIpc) is 2.77. The van der Waals surface area contributed by atoms with Crippen LogP contribution < -0.4 is 15.4 Å². The molecule has 5 heteroatoms. The third kappa shape index (κ3) is 2.93. The number of anilines is 1. The summed E-state index contributed by atoms with van der Waals surface area (Å²) in [5.41, 5.74) is 2.23. The lowest BCUT2D eigenvalue weighted by Crippen LogP contribution is -2.46. The van der Waals surface area contributed by atoms with Gasteiger partial charge in [0.25, 0.3) is 0 Å². The topological polar surface area (TPSA) is 50.4 Å². The molecule has 2 N–H and O–H groups in total. The van der Waals surface area contributed by atoms with Gasteiger partial charge in [-0.05, 0) is 17.7 Å². The summed E-state index contributed by atoms with van der Waals surface area (Å²) in [7, 11) is 4.05. The minimum atomic E-state index is 0.834. The van der Waals surface area contributed by atoms with Crippen molar-refractivity contribution in [3.63, 3.8) is 0 Å². The Labute approximate surface area is 113 Å². The lowest BCUT2D eigenvalue weighted by atomic mass is 10.2. The van der Waals surface area contributed by atoms with Crippen molar-refractivity contribution in [3.8, 4) is 0 Å². The smallest absolute Gasteiger partial charge is 0.304 e. The highest BCUT2D eigenvalue weighted by atomic mass is 15.4. The van der Waals surface area contributed by atoms with E-state index >= 15 is 0 Å². The van der Waals surface area contributed by atoms with E-state index in [1.807, 2.05) is 38.6 Å². The van der Waals surface area contributed by atoms with Gasteiger partial charge in [0.05, 0.1) is 12.6 Å². The first kappa shape index (κ1) is 13.1. The zero-order valence-corrected chi connectivity index (χ0v) is 11.6. The SMILES string of the molecule is CCc1n(N=Cc2ccc(N(C)C)cc2)cc[n+]1N. The molecule has 2 aromatic rings. The maximum atomic E-state index is 5.79. The molecule has 5 nitrogen and oxygen atoms in total. The highest BCUT2D eigenvalue weighted by molar-refractivity contribution is 5.80. The van der Waals surface area contributed by atoms with Crippen LogP contribution in [0.5, 0.6) is 0 Å². The zero-order chi connectivity index (χ0) is 13.8. The second-order valence-electron chi connectivity index (χ2n) is 4.55. The summed E-state index contributed by atoms with van der Waals surface area (Å²) in [5, 5.41) is 4.42. The fourth-order valence-electron chi connectivity index (χ4n) is 1.86. The second kappa shape index (κ2) is 5.56. The van der Waals surface area contributed by atoms with Crippen LogP contribution in [0, 0.1) is 0 Å². The molecule has 19 heavy (non-hydrogen) atoms. The predicted octanol–water partition coefficient (Wildman–Crippen LogP) is 1.00. The summed E-state index contributed by atoms with van der Waals surface area (Å²) in [6, 6.07) is 8.23. The fraction of sp³-hybridized carbons (Fsp3) is 0.286. The van der Waals surface area contributed by atoms with Crippen molar-refractivity contribution < 1.29 is 4.68 Å². The lowest BCUT2D eigenvalue weighted by Gasteiger charge is -2.11. The third-order valence-corrected chi connectivity index (χ3v) is 2.99. The molecule has 0 aliphatic heterocycles. The van der Waals surface area contributed by atoms with Crippen molar-refractivity contribution in [1.29, 1.82) is 0 Å². The van der Waals surface area contributed by atoms with Crippen molar-refractivity contribution >= 4 is 11.9 Å². The van der Waals surface area contributed by atoms with E-state index in [2.05, 4.69) is 29.1 Å². The summed E-state index contributed by atoms with van der Waals surface area (Å²) in [4.78, 5) is 2.07. The molecule has 1 aromatic carbocycles. The molecular weight excluding hydrogens is 238 g/mol. The highest BCUT2D eigenvalue weighted by Crippen LogP contribution is 2.11. The third-order valence-electron chi connectivity index (χ3n) is 2.99. The van der Waals surface area contributed by atoms with Gasteiger partial charge in [0.1, 0.15) is 0 Å². The standard InChI is InChI=1S/C14H20N5/c1-4-14-18(15)9-10-19(14)16-11-12-5-7-13(8-6-12)17(2)3/h5-11H,4,15H2,1-3H3/q+1. The first-order chi connectivity index (χ1) is 9.11. The van der Waals surface area contributed by atoms with E-state index in [4.69, 9.17) is 5.84 Å². The van der Waals surface area contributed by atoms with Crippen LogP contribution in [-0.4, -0.2) is 25.0 Å². The number of imidazole rings is 1. The largest absolute Gasteiger partial charge is 0.378 e. The number of nitrogens with zero attached hydrogens (tertiary/aromatic N) is 4. The molecule has 0 saturated carbocycles. The number of aromatic nitrogens is 2. The fourth-order valence-corrected chi connectivity index (χ4v) is 1.86. The van der Waals surface area contributed by atoms with Crippen LogP contribution >= 0.6 is 0 Å². The van der Waals surface area contributed by atoms with Crippen molar-refractivity contribution in [3.05, 3.63) is 48.0 Å². The van der Waals surface area contributed by atoms with Gasteiger partial charge >= 0.3 is 5.82 Å². The van der Waals surface area contributed by atoms with E-state index in [1.54, 1.807) is 15.5 Å². The number of hydrogen-bond donors (Lipinski definition) is 1. The Morgan fingerprint density at radius 1 is 1.32 bits per heavy atom. The van der Waals surface area contributed by atoms with E-state index in [1.165, 1.54) is 5.69 Å². The van der Waals surface area contributed by atoms with Gasteiger partial charge in [-0.1, -0.05) is 24.2 Å². The van der Waals surface area contributed by atoms with Crippen molar-refractivity contribution in [2.75, 3.05) is 24.8 Å². The first-order valence-electron chi connectivity index (χ1n) is 6.30. The monoisotopic (exact) mass is 258 g/mol. The van der Waals surface area contributed by atoms with Gasteiger partial charge in [0.15, 0.2) is 12.4 Å². The summed E-state index contributed by atoms with van der Waals surface area (Å²) >= 11 is 0. The summed E-state index contributed by atoms with van der Waals surface area (Å²) in [5.74, 6) is 6.75. The number of rotatable bonds is 4. The molecule has 0 aliphatic carbocycles. The molecule has 0 atom stereocenters. The van der Waals surface area contributed by atoms with E-state index in [-0.39, 0.29) is 0 Å². The summed E-state index contributed by atoms with van der Waals surface area (Å²) < 4.78 is 3.38. The van der Waals surface area contributed by atoms with Gasteiger partial charge in [-0.15, -0.1) is 9.35 Å². The van der Waals surface area contributed by atoms with Gasteiger partial charge in [0, 0.05) is 19.8 Å². The van der Waals surface area contributed by atoms with Gasteiger partial charge in [-0.25, -0.2) is 0 Å².